The minimum Gasteiger partial charge on any atom is -0.384 e. The van der Waals surface area contributed by atoms with Crippen LogP contribution in [0, 0.1) is 31.1 Å². The molecule has 1 aromatic rings. The van der Waals surface area contributed by atoms with E-state index in [0.717, 1.165) is 30.1 Å². The van der Waals surface area contributed by atoms with E-state index < -0.39 is 0 Å². The van der Waals surface area contributed by atoms with Gasteiger partial charge in [-0.3, -0.25) is 0 Å². The zero-order valence-electron chi connectivity index (χ0n) is 12.2. The summed E-state index contributed by atoms with van der Waals surface area (Å²) in [6.45, 7) is 7.38. The highest BCUT2D eigenvalue weighted by Crippen LogP contribution is 2.26. The molecule has 0 atom stereocenters. The van der Waals surface area contributed by atoms with Gasteiger partial charge in [0, 0.05) is 12.2 Å². The number of anilines is 1. The van der Waals surface area contributed by atoms with Crippen LogP contribution in [-0.2, 0) is 6.54 Å². The van der Waals surface area contributed by atoms with Crippen LogP contribution in [0.5, 0.6) is 0 Å². The first-order valence-electron chi connectivity index (χ1n) is 7.08. The van der Waals surface area contributed by atoms with Crippen molar-refractivity contribution in [1.82, 2.24) is 9.47 Å². The van der Waals surface area contributed by atoms with Crippen LogP contribution in [0.15, 0.2) is 0 Å². The molecule has 0 amide bonds. The van der Waals surface area contributed by atoms with E-state index in [4.69, 9.17) is 11.0 Å². The maximum Gasteiger partial charge on any atom is 0.122 e. The standard InChI is InChI=1S/C15H24N4/c1-11-12(2)19(15(17)14(11)10-16)9-6-13-4-7-18(3)8-5-13/h13H,4-9,17H2,1-3H3. The largest absolute Gasteiger partial charge is 0.384 e. The molecule has 0 spiro atoms. The third-order valence-corrected chi connectivity index (χ3v) is 4.58. The second-order valence-electron chi connectivity index (χ2n) is 5.77. The van der Waals surface area contributed by atoms with Crippen molar-refractivity contribution in [3.63, 3.8) is 0 Å². The summed E-state index contributed by atoms with van der Waals surface area (Å²) in [7, 11) is 2.19. The monoisotopic (exact) mass is 260 g/mol. The quantitative estimate of drug-likeness (QED) is 0.907. The molecule has 0 aliphatic carbocycles. The van der Waals surface area contributed by atoms with Crippen molar-refractivity contribution >= 4 is 5.82 Å². The molecule has 0 unspecified atom stereocenters. The normalized spacial score (nSPS) is 17.6. The Bertz CT molecular complexity index is 487. The third-order valence-electron chi connectivity index (χ3n) is 4.58. The molecule has 1 fully saturated rings. The maximum atomic E-state index is 9.13. The Morgan fingerprint density at radius 3 is 2.47 bits per heavy atom. The van der Waals surface area contributed by atoms with Crippen LogP contribution in [0.2, 0.25) is 0 Å². The lowest BCUT2D eigenvalue weighted by Crippen LogP contribution is -2.30. The number of hydrogen-bond donors (Lipinski definition) is 1. The summed E-state index contributed by atoms with van der Waals surface area (Å²) in [5.41, 5.74) is 8.91. The van der Waals surface area contributed by atoms with E-state index in [1.807, 2.05) is 6.92 Å². The molecule has 104 valence electrons. The van der Waals surface area contributed by atoms with Gasteiger partial charge in [0.2, 0.25) is 0 Å². The van der Waals surface area contributed by atoms with E-state index in [1.165, 1.54) is 25.9 Å². The molecule has 1 aliphatic heterocycles. The minimum atomic E-state index is 0.644. The molecule has 0 bridgehead atoms. The molecule has 19 heavy (non-hydrogen) atoms. The summed E-state index contributed by atoms with van der Waals surface area (Å²) in [4.78, 5) is 2.39. The van der Waals surface area contributed by atoms with Gasteiger partial charge in [-0.15, -0.1) is 0 Å². The summed E-state index contributed by atoms with van der Waals surface area (Å²) < 4.78 is 2.12. The lowest BCUT2D eigenvalue weighted by molar-refractivity contribution is 0.208. The van der Waals surface area contributed by atoms with Crippen LogP contribution in [0.3, 0.4) is 0 Å². The maximum absolute atomic E-state index is 9.13. The van der Waals surface area contributed by atoms with Gasteiger partial charge in [0.25, 0.3) is 0 Å². The molecule has 4 heteroatoms. The third kappa shape index (κ3) is 2.76. The molecule has 0 radical (unpaired) electrons. The topological polar surface area (TPSA) is 58.0 Å². The summed E-state index contributed by atoms with van der Waals surface area (Å²) in [6.07, 6.45) is 3.72. The smallest absolute Gasteiger partial charge is 0.122 e. The van der Waals surface area contributed by atoms with Crippen LogP contribution >= 0.6 is 0 Å². The fourth-order valence-electron chi connectivity index (χ4n) is 2.98. The van der Waals surface area contributed by atoms with Gasteiger partial charge in [0.1, 0.15) is 11.9 Å². The van der Waals surface area contributed by atoms with Gasteiger partial charge in [-0.1, -0.05) is 0 Å². The lowest BCUT2D eigenvalue weighted by atomic mass is 9.94. The Kier molecular flexibility index (Phi) is 4.16. The van der Waals surface area contributed by atoms with Crippen molar-refractivity contribution in [2.24, 2.45) is 5.92 Å². The first kappa shape index (κ1) is 14.0. The highest BCUT2D eigenvalue weighted by molar-refractivity contribution is 5.57. The number of piperidine rings is 1. The van der Waals surface area contributed by atoms with Gasteiger partial charge in [0.15, 0.2) is 0 Å². The fraction of sp³-hybridized carbons (Fsp3) is 0.667. The Labute approximate surface area is 115 Å². The number of nitrogen functional groups attached to an aromatic ring is 1. The highest BCUT2D eigenvalue weighted by Gasteiger charge is 2.19. The summed E-state index contributed by atoms with van der Waals surface area (Å²) in [6, 6.07) is 2.22. The van der Waals surface area contributed by atoms with Crippen molar-refractivity contribution in [3.05, 3.63) is 16.8 Å². The van der Waals surface area contributed by atoms with Crippen LogP contribution in [0.4, 0.5) is 5.82 Å². The molecule has 0 saturated carbocycles. The Hall–Kier alpha value is -1.47. The van der Waals surface area contributed by atoms with Crippen molar-refractivity contribution in [2.45, 2.75) is 39.7 Å². The average molecular weight is 260 g/mol. The average Bonchev–Trinajstić information content (AvgIpc) is 2.60. The first-order valence-corrected chi connectivity index (χ1v) is 7.08. The fourth-order valence-corrected chi connectivity index (χ4v) is 2.98. The number of hydrogen-bond acceptors (Lipinski definition) is 3. The predicted octanol–water partition coefficient (Wildman–Crippen LogP) is 2.29. The van der Waals surface area contributed by atoms with Crippen LogP contribution in [0.1, 0.15) is 36.1 Å². The Morgan fingerprint density at radius 1 is 1.32 bits per heavy atom. The van der Waals surface area contributed by atoms with E-state index in [9.17, 15) is 0 Å². The van der Waals surface area contributed by atoms with Gasteiger partial charge < -0.3 is 15.2 Å². The minimum absolute atomic E-state index is 0.644. The van der Waals surface area contributed by atoms with E-state index >= 15 is 0 Å². The SMILES string of the molecule is Cc1c(C#N)c(N)n(CCC2CCN(C)CC2)c1C. The van der Waals surface area contributed by atoms with E-state index in [2.05, 4.69) is 29.5 Å². The number of rotatable bonds is 3. The second kappa shape index (κ2) is 5.66. The van der Waals surface area contributed by atoms with E-state index in [0.29, 0.717) is 11.4 Å². The summed E-state index contributed by atoms with van der Waals surface area (Å²) in [5, 5.41) is 9.13. The van der Waals surface area contributed by atoms with Crippen LogP contribution in [-0.4, -0.2) is 29.6 Å². The zero-order valence-corrected chi connectivity index (χ0v) is 12.2. The Balaban J connectivity index is 2.02. The van der Waals surface area contributed by atoms with E-state index in [-0.39, 0.29) is 0 Å². The number of likely N-dealkylation sites (tertiary alicyclic amines) is 1. The predicted molar refractivity (Wildman–Crippen MR) is 77.9 cm³/mol. The number of nitrogens with two attached hydrogens (primary N) is 1. The summed E-state index contributed by atoms with van der Waals surface area (Å²) in [5.74, 6) is 1.44. The van der Waals surface area contributed by atoms with Crippen LogP contribution in [0.25, 0.3) is 0 Å². The molecule has 1 aliphatic rings. The van der Waals surface area contributed by atoms with E-state index in [1.54, 1.807) is 0 Å². The number of nitrogens with zero attached hydrogens (tertiary/aromatic N) is 3. The van der Waals surface area contributed by atoms with Crippen molar-refractivity contribution < 1.29 is 0 Å². The molecule has 2 rings (SSSR count). The van der Waals surface area contributed by atoms with Gasteiger partial charge in [-0.2, -0.15) is 5.26 Å². The van der Waals surface area contributed by atoms with Crippen molar-refractivity contribution in [1.29, 1.82) is 5.26 Å². The number of nitriles is 1. The molecular weight excluding hydrogens is 236 g/mol. The Morgan fingerprint density at radius 2 is 1.95 bits per heavy atom. The van der Waals surface area contributed by atoms with Gasteiger partial charge in [-0.05, 0) is 64.7 Å². The molecule has 1 saturated heterocycles. The zero-order chi connectivity index (χ0) is 14.0. The van der Waals surface area contributed by atoms with Crippen LogP contribution < -0.4 is 5.73 Å². The molecular formula is C15H24N4. The lowest BCUT2D eigenvalue weighted by Gasteiger charge is -2.29. The molecule has 2 N–H and O–H groups in total. The number of aromatic nitrogens is 1. The van der Waals surface area contributed by atoms with Crippen molar-refractivity contribution in [3.8, 4) is 6.07 Å². The highest BCUT2D eigenvalue weighted by atomic mass is 15.1. The van der Waals surface area contributed by atoms with Crippen molar-refractivity contribution in [2.75, 3.05) is 25.9 Å². The van der Waals surface area contributed by atoms with Gasteiger partial charge in [-0.25, -0.2) is 0 Å². The molecule has 4 nitrogen and oxygen atoms in total. The van der Waals surface area contributed by atoms with Gasteiger partial charge in [0.05, 0.1) is 5.56 Å². The second-order valence-corrected chi connectivity index (χ2v) is 5.77. The molecule has 2 heterocycles. The first-order chi connectivity index (χ1) is 9.04. The molecule has 1 aromatic heterocycles. The van der Waals surface area contributed by atoms with Gasteiger partial charge >= 0.3 is 0 Å². The summed E-state index contributed by atoms with van der Waals surface area (Å²) >= 11 is 0. The molecule has 0 aromatic carbocycles.